The fourth-order valence-corrected chi connectivity index (χ4v) is 3.56. The Bertz CT molecular complexity index is 512. The van der Waals surface area contributed by atoms with Crippen LogP contribution in [0.2, 0.25) is 0 Å². The first-order valence-corrected chi connectivity index (χ1v) is 7.30. The van der Waals surface area contributed by atoms with Gasteiger partial charge in [-0.25, -0.2) is 0 Å². The van der Waals surface area contributed by atoms with Gasteiger partial charge in [-0.05, 0) is 37.8 Å². The molecule has 2 aliphatic carbocycles. The first kappa shape index (κ1) is 13.5. The van der Waals surface area contributed by atoms with Crippen molar-refractivity contribution in [2.45, 2.75) is 25.4 Å². The van der Waals surface area contributed by atoms with Crippen LogP contribution in [0.25, 0.3) is 0 Å². The summed E-state index contributed by atoms with van der Waals surface area (Å²) in [4.78, 5) is 2.47. The lowest BCUT2D eigenvalue weighted by atomic mass is 9.70. The molecule has 0 aromatic heterocycles. The molecule has 0 heterocycles. The van der Waals surface area contributed by atoms with Gasteiger partial charge in [0.25, 0.3) is 0 Å². The van der Waals surface area contributed by atoms with Gasteiger partial charge in [-0.1, -0.05) is 18.2 Å². The Balaban J connectivity index is 1.68. The maximum atomic E-state index is 5.49. The van der Waals surface area contributed by atoms with Crippen molar-refractivity contribution < 1.29 is 9.47 Å². The van der Waals surface area contributed by atoms with Gasteiger partial charge in [0.1, 0.15) is 11.5 Å². The van der Waals surface area contributed by atoms with Crippen LogP contribution in [-0.2, 0) is 6.54 Å². The first-order chi connectivity index (χ1) is 9.72. The minimum absolute atomic E-state index is 0.710. The average Bonchev–Trinajstić information content (AvgIpc) is 2.80. The number of benzene rings is 1. The van der Waals surface area contributed by atoms with E-state index in [4.69, 9.17) is 9.47 Å². The van der Waals surface area contributed by atoms with Gasteiger partial charge >= 0.3 is 0 Å². The molecular formula is C17H23NO2. The van der Waals surface area contributed by atoms with E-state index in [1.54, 1.807) is 14.2 Å². The molecule has 0 unspecified atom stereocenters. The minimum atomic E-state index is 0.710. The molecule has 2 aliphatic rings. The Kier molecular flexibility index (Phi) is 3.70. The highest BCUT2D eigenvalue weighted by atomic mass is 16.5. The molecule has 3 atom stereocenters. The van der Waals surface area contributed by atoms with E-state index < -0.39 is 0 Å². The normalized spacial score (nSPS) is 27.3. The van der Waals surface area contributed by atoms with Gasteiger partial charge in [-0.3, -0.25) is 4.90 Å². The van der Waals surface area contributed by atoms with Crippen LogP contribution in [0, 0.1) is 11.8 Å². The van der Waals surface area contributed by atoms with E-state index in [0.717, 1.165) is 29.9 Å². The largest absolute Gasteiger partial charge is 0.497 e. The monoisotopic (exact) mass is 273 g/mol. The lowest BCUT2D eigenvalue weighted by Crippen LogP contribution is -2.48. The molecule has 1 aromatic rings. The fraction of sp³-hybridized carbons (Fsp3) is 0.529. The van der Waals surface area contributed by atoms with Crippen LogP contribution in [0.1, 0.15) is 18.4 Å². The lowest BCUT2D eigenvalue weighted by molar-refractivity contribution is 0.0478. The Labute approximate surface area is 121 Å². The standard InChI is InChI=1S/C17H23NO2/c1-18(16-9-12-5-4-6-15(12)16)11-13-7-8-14(19-2)10-17(13)20-3/h4-5,7-8,10,12,15-16H,6,9,11H2,1-3H3/t12-,15-,16+/m0/s1. The van der Waals surface area contributed by atoms with Crippen molar-refractivity contribution in [3.8, 4) is 11.5 Å². The first-order valence-electron chi connectivity index (χ1n) is 7.30. The predicted octanol–water partition coefficient (Wildman–Crippen LogP) is 3.10. The molecule has 0 amide bonds. The lowest BCUT2D eigenvalue weighted by Gasteiger charge is -2.45. The van der Waals surface area contributed by atoms with Gasteiger partial charge in [0, 0.05) is 24.2 Å². The highest BCUT2D eigenvalue weighted by Gasteiger charge is 2.43. The zero-order valence-electron chi connectivity index (χ0n) is 12.5. The summed E-state index contributed by atoms with van der Waals surface area (Å²) in [5.41, 5.74) is 1.23. The van der Waals surface area contributed by atoms with Crippen molar-refractivity contribution in [3.05, 3.63) is 35.9 Å². The molecule has 0 aliphatic heterocycles. The third-order valence-electron chi connectivity index (χ3n) is 4.83. The van der Waals surface area contributed by atoms with Gasteiger partial charge in [-0.2, -0.15) is 0 Å². The smallest absolute Gasteiger partial charge is 0.127 e. The van der Waals surface area contributed by atoms with E-state index in [9.17, 15) is 0 Å². The van der Waals surface area contributed by atoms with E-state index in [1.807, 2.05) is 12.1 Å². The van der Waals surface area contributed by atoms with Crippen molar-refractivity contribution in [1.29, 1.82) is 0 Å². The minimum Gasteiger partial charge on any atom is -0.497 e. The Morgan fingerprint density at radius 2 is 2.10 bits per heavy atom. The molecule has 3 heteroatoms. The fourth-order valence-electron chi connectivity index (χ4n) is 3.56. The molecule has 3 rings (SSSR count). The Hall–Kier alpha value is -1.48. The molecule has 1 aromatic carbocycles. The van der Waals surface area contributed by atoms with E-state index in [-0.39, 0.29) is 0 Å². The van der Waals surface area contributed by atoms with Crippen molar-refractivity contribution in [3.63, 3.8) is 0 Å². The third-order valence-corrected chi connectivity index (χ3v) is 4.83. The number of methoxy groups -OCH3 is 2. The molecule has 0 radical (unpaired) electrons. The van der Waals surface area contributed by atoms with Crippen LogP contribution in [0.15, 0.2) is 30.4 Å². The maximum absolute atomic E-state index is 5.49. The Morgan fingerprint density at radius 1 is 1.25 bits per heavy atom. The van der Waals surface area contributed by atoms with Crippen LogP contribution in [0.4, 0.5) is 0 Å². The summed E-state index contributed by atoms with van der Waals surface area (Å²) in [6.07, 6.45) is 7.29. The highest BCUT2D eigenvalue weighted by molar-refractivity contribution is 5.40. The second-order valence-corrected chi connectivity index (χ2v) is 5.89. The van der Waals surface area contributed by atoms with Crippen molar-refractivity contribution in [2.75, 3.05) is 21.3 Å². The zero-order valence-corrected chi connectivity index (χ0v) is 12.5. The summed E-state index contributed by atoms with van der Waals surface area (Å²) < 4.78 is 10.7. The summed E-state index contributed by atoms with van der Waals surface area (Å²) in [6.45, 7) is 0.932. The number of hydrogen-bond donors (Lipinski definition) is 0. The van der Waals surface area contributed by atoms with Crippen molar-refractivity contribution in [1.82, 2.24) is 4.90 Å². The second-order valence-electron chi connectivity index (χ2n) is 5.89. The van der Waals surface area contributed by atoms with E-state index >= 15 is 0 Å². The molecule has 3 nitrogen and oxygen atoms in total. The zero-order chi connectivity index (χ0) is 14.1. The maximum Gasteiger partial charge on any atom is 0.127 e. The van der Waals surface area contributed by atoms with E-state index in [1.165, 1.54) is 18.4 Å². The molecule has 1 saturated carbocycles. The quantitative estimate of drug-likeness (QED) is 0.769. The van der Waals surface area contributed by atoms with E-state index in [0.29, 0.717) is 6.04 Å². The molecular weight excluding hydrogens is 250 g/mol. The average molecular weight is 273 g/mol. The Morgan fingerprint density at radius 3 is 2.80 bits per heavy atom. The van der Waals surface area contributed by atoms with Crippen LogP contribution >= 0.6 is 0 Å². The highest BCUT2D eigenvalue weighted by Crippen LogP contribution is 2.45. The summed E-state index contributed by atoms with van der Waals surface area (Å²) in [7, 11) is 5.63. The van der Waals surface area contributed by atoms with Gasteiger partial charge in [0.15, 0.2) is 0 Å². The van der Waals surface area contributed by atoms with Gasteiger partial charge in [-0.15, -0.1) is 0 Å². The van der Waals surface area contributed by atoms with Gasteiger partial charge < -0.3 is 9.47 Å². The number of rotatable bonds is 5. The van der Waals surface area contributed by atoms with Gasteiger partial charge in [0.2, 0.25) is 0 Å². The molecule has 1 fully saturated rings. The van der Waals surface area contributed by atoms with Crippen LogP contribution in [0.5, 0.6) is 11.5 Å². The molecule has 0 N–H and O–H groups in total. The number of allylic oxidation sites excluding steroid dienone is 2. The van der Waals surface area contributed by atoms with Crippen molar-refractivity contribution in [2.24, 2.45) is 11.8 Å². The summed E-state index contributed by atoms with van der Waals surface area (Å²) in [5.74, 6) is 3.43. The SMILES string of the molecule is COc1ccc(CN(C)[C@@H]2C[C@@H]3C=CC[C@H]23)c(OC)c1. The molecule has 0 bridgehead atoms. The molecule has 20 heavy (non-hydrogen) atoms. The molecule has 108 valence electrons. The van der Waals surface area contributed by atoms with Crippen LogP contribution < -0.4 is 9.47 Å². The number of ether oxygens (including phenoxy) is 2. The topological polar surface area (TPSA) is 21.7 Å². The number of hydrogen-bond acceptors (Lipinski definition) is 3. The second kappa shape index (κ2) is 5.49. The number of nitrogens with zero attached hydrogens (tertiary/aromatic N) is 1. The number of fused-ring (bicyclic) bond motifs is 1. The predicted molar refractivity (Wildman–Crippen MR) is 80.2 cm³/mol. The summed E-state index contributed by atoms with van der Waals surface area (Å²) in [6, 6.07) is 6.79. The van der Waals surface area contributed by atoms with Crippen molar-refractivity contribution >= 4 is 0 Å². The van der Waals surface area contributed by atoms with Gasteiger partial charge in [0.05, 0.1) is 14.2 Å². The summed E-state index contributed by atoms with van der Waals surface area (Å²) in [5, 5.41) is 0. The van der Waals surface area contributed by atoms with Crippen LogP contribution in [-0.4, -0.2) is 32.2 Å². The van der Waals surface area contributed by atoms with E-state index in [2.05, 4.69) is 30.2 Å². The van der Waals surface area contributed by atoms with Crippen LogP contribution in [0.3, 0.4) is 0 Å². The third kappa shape index (κ3) is 2.31. The summed E-state index contributed by atoms with van der Waals surface area (Å²) >= 11 is 0. The molecule has 0 saturated heterocycles. The molecule has 0 spiro atoms.